The molecule has 2 nitrogen and oxygen atoms in total. The van der Waals surface area contributed by atoms with Gasteiger partial charge in [-0.05, 0) is 17.7 Å². The molecule has 0 unspecified atom stereocenters. The Morgan fingerprint density at radius 2 is 2.00 bits per heavy atom. The normalized spacial score (nSPS) is 11.1. The van der Waals surface area contributed by atoms with E-state index in [0.29, 0.717) is 12.5 Å². The van der Waals surface area contributed by atoms with Crippen LogP contribution in [-0.4, -0.2) is 4.98 Å². The van der Waals surface area contributed by atoms with Crippen molar-refractivity contribution in [3.8, 4) is 0 Å². The molecule has 2 aromatic rings. The molecule has 0 atom stereocenters. The van der Waals surface area contributed by atoms with Crippen molar-refractivity contribution < 1.29 is 0 Å². The molecule has 2 N–H and O–H groups in total. The van der Waals surface area contributed by atoms with Crippen LogP contribution in [0.15, 0.2) is 34.5 Å². The van der Waals surface area contributed by atoms with Gasteiger partial charge in [0.05, 0.1) is 10.7 Å². The molecule has 0 saturated carbocycles. The SMILES string of the molecule is CC(C)c1nc(CSc2ccc(CN)cc2)cs1. The third-order valence-corrected chi connectivity index (χ3v) is 4.85. The van der Waals surface area contributed by atoms with Gasteiger partial charge in [0, 0.05) is 28.5 Å². The van der Waals surface area contributed by atoms with Crippen LogP contribution in [0.4, 0.5) is 0 Å². The Morgan fingerprint density at radius 3 is 2.56 bits per heavy atom. The van der Waals surface area contributed by atoms with E-state index in [0.717, 1.165) is 5.75 Å². The van der Waals surface area contributed by atoms with Crippen molar-refractivity contribution in [3.63, 3.8) is 0 Å². The lowest BCUT2D eigenvalue weighted by Gasteiger charge is -2.01. The average molecular weight is 278 g/mol. The first-order valence-corrected chi connectivity index (χ1v) is 7.91. The first-order chi connectivity index (χ1) is 8.69. The number of hydrogen-bond acceptors (Lipinski definition) is 4. The summed E-state index contributed by atoms with van der Waals surface area (Å²) in [4.78, 5) is 5.91. The lowest BCUT2D eigenvalue weighted by atomic mass is 10.2. The van der Waals surface area contributed by atoms with Gasteiger partial charge in [0.15, 0.2) is 0 Å². The van der Waals surface area contributed by atoms with Crippen molar-refractivity contribution in [2.24, 2.45) is 5.73 Å². The molecule has 0 aliphatic rings. The van der Waals surface area contributed by atoms with E-state index in [1.807, 2.05) is 11.8 Å². The Kier molecular flexibility index (Phi) is 4.80. The minimum atomic E-state index is 0.526. The summed E-state index contributed by atoms with van der Waals surface area (Å²) in [7, 11) is 0. The quantitative estimate of drug-likeness (QED) is 0.840. The average Bonchev–Trinajstić information content (AvgIpc) is 2.86. The number of rotatable bonds is 5. The molecule has 0 radical (unpaired) electrons. The topological polar surface area (TPSA) is 38.9 Å². The zero-order chi connectivity index (χ0) is 13.0. The van der Waals surface area contributed by atoms with E-state index in [4.69, 9.17) is 5.73 Å². The Morgan fingerprint density at radius 1 is 1.28 bits per heavy atom. The highest BCUT2D eigenvalue weighted by molar-refractivity contribution is 7.98. The first-order valence-electron chi connectivity index (χ1n) is 6.05. The number of thiazole rings is 1. The van der Waals surface area contributed by atoms with E-state index < -0.39 is 0 Å². The number of nitrogens with zero attached hydrogens (tertiary/aromatic N) is 1. The number of hydrogen-bond donors (Lipinski definition) is 1. The van der Waals surface area contributed by atoms with Crippen LogP contribution >= 0.6 is 23.1 Å². The lowest BCUT2D eigenvalue weighted by Crippen LogP contribution is -1.95. The van der Waals surface area contributed by atoms with Crippen molar-refractivity contribution in [2.45, 2.75) is 37.0 Å². The molecule has 1 aromatic carbocycles. The third-order valence-electron chi connectivity index (χ3n) is 2.61. The summed E-state index contributed by atoms with van der Waals surface area (Å²) in [5, 5.41) is 3.39. The van der Waals surface area contributed by atoms with E-state index in [-0.39, 0.29) is 0 Å². The number of nitrogens with two attached hydrogens (primary N) is 1. The Labute approximate surface area is 117 Å². The Bertz CT molecular complexity index is 489. The molecular weight excluding hydrogens is 260 g/mol. The van der Waals surface area contributed by atoms with Crippen LogP contribution in [0.1, 0.15) is 36.0 Å². The van der Waals surface area contributed by atoms with E-state index >= 15 is 0 Å². The summed E-state index contributed by atoms with van der Waals surface area (Å²) in [6.07, 6.45) is 0. The monoisotopic (exact) mass is 278 g/mol. The van der Waals surface area contributed by atoms with Crippen LogP contribution in [0.25, 0.3) is 0 Å². The highest BCUT2D eigenvalue weighted by Gasteiger charge is 2.06. The van der Waals surface area contributed by atoms with Gasteiger partial charge in [-0.15, -0.1) is 23.1 Å². The van der Waals surface area contributed by atoms with Gasteiger partial charge in [-0.25, -0.2) is 4.98 Å². The second-order valence-electron chi connectivity index (χ2n) is 4.47. The molecule has 0 amide bonds. The van der Waals surface area contributed by atoms with Crippen LogP contribution in [-0.2, 0) is 12.3 Å². The molecule has 0 spiro atoms. The van der Waals surface area contributed by atoms with Crippen LogP contribution in [0, 0.1) is 0 Å². The minimum Gasteiger partial charge on any atom is -0.326 e. The molecule has 0 fully saturated rings. The first kappa shape index (κ1) is 13.6. The maximum Gasteiger partial charge on any atom is 0.0954 e. The van der Waals surface area contributed by atoms with Gasteiger partial charge in [-0.3, -0.25) is 0 Å². The van der Waals surface area contributed by atoms with Gasteiger partial charge in [-0.1, -0.05) is 26.0 Å². The summed E-state index contributed by atoms with van der Waals surface area (Å²) < 4.78 is 0. The van der Waals surface area contributed by atoms with Gasteiger partial charge < -0.3 is 5.73 Å². The zero-order valence-electron chi connectivity index (χ0n) is 10.7. The summed E-state index contributed by atoms with van der Waals surface area (Å²) in [6.45, 7) is 4.97. The lowest BCUT2D eigenvalue weighted by molar-refractivity contribution is 0.846. The second-order valence-corrected chi connectivity index (χ2v) is 6.41. The fourth-order valence-corrected chi connectivity index (χ4v) is 3.26. The van der Waals surface area contributed by atoms with E-state index in [1.165, 1.54) is 21.2 Å². The number of thioether (sulfide) groups is 1. The van der Waals surface area contributed by atoms with Gasteiger partial charge in [0.25, 0.3) is 0 Å². The standard InChI is InChI=1S/C14H18N2S2/c1-10(2)14-16-12(9-18-14)8-17-13-5-3-11(7-15)4-6-13/h3-6,9-10H,7-8,15H2,1-2H3. The van der Waals surface area contributed by atoms with Gasteiger partial charge in [-0.2, -0.15) is 0 Å². The van der Waals surface area contributed by atoms with Crippen molar-refractivity contribution in [2.75, 3.05) is 0 Å². The maximum absolute atomic E-state index is 5.58. The summed E-state index contributed by atoms with van der Waals surface area (Å²) in [6, 6.07) is 8.43. The summed E-state index contributed by atoms with van der Waals surface area (Å²) in [5.41, 5.74) is 7.93. The van der Waals surface area contributed by atoms with Crippen molar-refractivity contribution in [3.05, 3.63) is 45.9 Å². The third kappa shape index (κ3) is 3.57. The largest absolute Gasteiger partial charge is 0.326 e. The highest BCUT2D eigenvalue weighted by atomic mass is 32.2. The van der Waals surface area contributed by atoms with Crippen LogP contribution < -0.4 is 5.73 Å². The van der Waals surface area contributed by atoms with Crippen molar-refractivity contribution >= 4 is 23.1 Å². The molecule has 0 saturated heterocycles. The molecule has 0 bridgehead atoms. The zero-order valence-corrected chi connectivity index (χ0v) is 12.4. The van der Waals surface area contributed by atoms with E-state index in [1.54, 1.807) is 11.3 Å². The minimum absolute atomic E-state index is 0.526. The van der Waals surface area contributed by atoms with Crippen LogP contribution in [0.3, 0.4) is 0 Å². The second kappa shape index (κ2) is 6.36. The predicted molar refractivity (Wildman–Crippen MR) is 80.1 cm³/mol. The van der Waals surface area contributed by atoms with Crippen LogP contribution in [0.5, 0.6) is 0 Å². The van der Waals surface area contributed by atoms with Gasteiger partial charge in [0.1, 0.15) is 0 Å². The van der Waals surface area contributed by atoms with Gasteiger partial charge in [0.2, 0.25) is 0 Å². The number of benzene rings is 1. The molecule has 96 valence electrons. The molecule has 2 rings (SSSR count). The fraction of sp³-hybridized carbons (Fsp3) is 0.357. The molecule has 4 heteroatoms. The number of aromatic nitrogens is 1. The van der Waals surface area contributed by atoms with Crippen LogP contribution in [0.2, 0.25) is 0 Å². The summed E-state index contributed by atoms with van der Waals surface area (Å²) >= 11 is 3.58. The van der Waals surface area contributed by atoms with E-state index in [9.17, 15) is 0 Å². The molecule has 0 aliphatic carbocycles. The van der Waals surface area contributed by atoms with Gasteiger partial charge >= 0.3 is 0 Å². The Balaban J connectivity index is 1.93. The molecule has 0 aliphatic heterocycles. The summed E-state index contributed by atoms with van der Waals surface area (Å²) in [5.74, 6) is 1.46. The van der Waals surface area contributed by atoms with Crippen molar-refractivity contribution in [1.29, 1.82) is 0 Å². The molecule has 1 heterocycles. The van der Waals surface area contributed by atoms with E-state index in [2.05, 4.69) is 48.5 Å². The fourth-order valence-electron chi connectivity index (χ4n) is 1.53. The molecule has 1 aromatic heterocycles. The maximum atomic E-state index is 5.58. The molecule has 18 heavy (non-hydrogen) atoms. The highest BCUT2D eigenvalue weighted by Crippen LogP contribution is 2.26. The van der Waals surface area contributed by atoms with Crippen molar-refractivity contribution in [1.82, 2.24) is 4.98 Å². The smallest absolute Gasteiger partial charge is 0.0954 e. The molecular formula is C14H18N2S2. The Hall–Kier alpha value is -0.840. The predicted octanol–water partition coefficient (Wildman–Crippen LogP) is 4.02.